The molecule has 6 nitrogen and oxygen atoms in total. The van der Waals surface area contributed by atoms with Crippen LogP contribution in [0, 0.1) is 11.3 Å². The number of anilines is 1. The zero-order valence-corrected chi connectivity index (χ0v) is 17.1. The molecular weight excluding hydrogens is 398 g/mol. The van der Waals surface area contributed by atoms with Crippen LogP contribution < -0.4 is 10.2 Å². The van der Waals surface area contributed by atoms with Crippen LogP contribution in [-0.4, -0.2) is 14.6 Å². The second-order valence-electron chi connectivity index (χ2n) is 7.25. The van der Waals surface area contributed by atoms with Crippen molar-refractivity contribution < 1.29 is 4.74 Å². The Morgan fingerprint density at radius 1 is 0.906 bits per heavy atom. The van der Waals surface area contributed by atoms with Crippen LogP contribution in [0.15, 0.2) is 97.5 Å². The van der Waals surface area contributed by atoms with E-state index in [1.807, 2.05) is 89.6 Å². The highest BCUT2D eigenvalue weighted by Crippen LogP contribution is 2.27. The zero-order valence-electron chi connectivity index (χ0n) is 17.1. The van der Waals surface area contributed by atoms with Gasteiger partial charge in [-0.15, -0.1) is 0 Å². The highest BCUT2D eigenvalue weighted by Gasteiger charge is 2.10. The van der Waals surface area contributed by atoms with E-state index in [-0.39, 0.29) is 0 Å². The van der Waals surface area contributed by atoms with Crippen molar-refractivity contribution in [3.05, 3.63) is 109 Å². The first-order chi connectivity index (χ1) is 15.8. The van der Waals surface area contributed by atoms with Gasteiger partial charge in [-0.25, -0.2) is 14.6 Å². The van der Waals surface area contributed by atoms with Crippen LogP contribution >= 0.6 is 0 Å². The molecule has 2 aromatic heterocycles. The van der Waals surface area contributed by atoms with Gasteiger partial charge in [-0.2, -0.15) is 5.26 Å². The fourth-order valence-electron chi connectivity index (χ4n) is 3.49. The van der Waals surface area contributed by atoms with Crippen molar-refractivity contribution in [3.63, 3.8) is 0 Å². The lowest BCUT2D eigenvalue weighted by Gasteiger charge is -2.12. The lowest BCUT2D eigenvalue weighted by Crippen LogP contribution is -2.08. The number of para-hydroxylation sites is 2. The quantitative estimate of drug-likeness (QED) is 0.399. The summed E-state index contributed by atoms with van der Waals surface area (Å²) in [6.45, 7) is 0.503. The number of hydrogen-bond donors (Lipinski definition) is 1. The standard InChI is InChI=1S/C26H19N5O/c27-15-25-23(20-10-12-22(13-11-20)32-17-19-6-2-1-3-7-19)14-21(16-28-25)30-31-18-29-24-8-4-5-9-26(24)31/h1-14,16,18,30H,17H2. The average Bonchev–Trinajstić information content (AvgIpc) is 3.26. The van der Waals surface area contributed by atoms with Crippen molar-refractivity contribution in [2.75, 3.05) is 5.43 Å². The lowest BCUT2D eigenvalue weighted by molar-refractivity contribution is 0.306. The van der Waals surface area contributed by atoms with Crippen molar-refractivity contribution in [2.24, 2.45) is 0 Å². The van der Waals surface area contributed by atoms with Crippen LogP contribution in [0.25, 0.3) is 22.2 Å². The van der Waals surface area contributed by atoms with E-state index < -0.39 is 0 Å². The first kappa shape index (κ1) is 19.3. The number of benzene rings is 3. The second kappa shape index (κ2) is 8.62. The minimum absolute atomic E-state index is 0.365. The van der Waals surface area contributed by atoms with Crippen LogP contribution in [0.5, 0.6) is 5.75 Å². The number of aromatic nitrogens is 3. The predicted molar refractivity (Wildman–Crippen MR) is 124 cm³/mol. The van der Waals surface area contributed by atoms with E-state index in [2.05, 4.69) is 21.5 Å². The van der Waals surface area contributed by atoms with E-state index in [0.29, 0.717) is 12.3 Å². The molecule has 0 unspecified atom stereocenters. The first-order valence-electron chi connectivity index (χ1n) is 10.2. The molecule has 3 aromatic carbocycles. The molecule has 0 saturated carbocycles. The van der Waals surface area contributed by atoms with Gasteiger partial charge in [-0.1, -0.05) is 54.6 Å². The van der Waals surface area contributed by atoms with Gasteiger partial charge in [0.15, 0.2) is 0 Å². The van der Waals surface area contributed by atoms with Gasteiger partial charge in [0.2, 0.25) is 0 Å². The van der Waals surface area contributed by atoms with Gasteiger partial charge in [-0.05, 0) is 41.5 Å². The molecule has 1 N–H and O–H groups in total. The molecule has 0 amide bonds. The fourth-order valence-corrected chi connectivity index (χ4v) is 3.49. The second-order valence-corrected chi connectivity index (χ2v) is 7.25. The third-order valence-electron chi connectivity index (χ3n) is 5.11. The monoisotopic (exact) mass is 417 g/mol. The molecule has 0 bridgehead atoms. The van der Waals surface area contributed by atoms with Gasteiger partial charge >= 0.3 is 0 Å². The Bertz CT molecular complexity index is 1400. The molecule has 6 heteroatoms. The van der Waals surface area contributed by atoms with Crippen molar-refractivity contribution in [2.45, 2.75) is 6.61 Å². The predicted octanol–water partition coefficient (Wildman–Crippen LogP) is 5.42. The topological polar surface area (TPSA) is 75.8 Å². The Labute approximate surface area is 185 Å². The summed E-state index contributed by atoms with van der Waals surface area (Å²) in [4.78, 5) is 8.74. The van der Waals surface area contributed by atoms with Crippen LogP contribution in [0.2, 0.25) is 0 Å². The van der Waals surface area contributed by atoms with Gasteiger partial charge < -0.3 is 4.74 Å². The summed E-state index contributed by atoms with van der Waals surface area (Å²) in [5.74, 6) is 0.767. The molecule has 0 saturated heterocycles. The molecule has 5 aromatic rings. The number of nitriles is 1. The molecule has 32 heavy (non-hydrogen) atoms. The number of fused-ring (bicyclic) bond motifs is 1. The molecule has 0 aliphatic rings. The van der Waals surface area contributed by atoms with Gasteiger partial charge in [0, 0.05) is 5.56 Å². The molecule has 2 heterocycles. The summed E-state index contributed by atoms with van der Waals surface area (Å²) < 4.78 is 7.71. The smallest absolute Gasteiger partial charge is 0.148 e. The minimum Gasteiger partial charge on any atom is -0.489 e. The molecule has 0 spiro atoms. The van der Waals surface area contributed by atoms with E-state index in [0.717, 1.165) is 39.2 Å². The highest BCUT2D eigenvalue weighted by atomic mass is 16.5. The summed E-state index contributed by atoms with van der Waals surface area (Å²) >= 11 is 0. The normalized spacial score (nSPS) is 10.6. The number of ether oxygens (including phenoxy) is 1. The number of imidazole rings is 1. The summed E-state index contributed by atoms with van der Waals surface area (Å²) in [5, 5.41) is 9.56. The van der Waals surface area contributed by atoms with Gasteiger partial charge in [0.1, 0.15) is 30.4 Å². The summed E-state index contributed by atoms with van der Waals surface area (Å²) in [6.07, 6.45) is 3.37. The number of nitrogens with one attached hydrogen (secondary N) is 1. The molecule has 0 atom stereocenters. The first-order valence-corrected chi connectivity index (χ1v) is 10.2. The van der Waals surface area contributed by atoms with Crippen molar-refractivity contribution >= 4 is 16.7 Å². The molecule has 5 rings (SSSR count). The van der Waals surface area contributed by atoms with E-state index in [9.17, 15) is 5.26 Å². The maximum Gasteiger partial charge on any atom is 0.148 e. The van der Waals surface area contributed by atoms with Crippen molar-refractivity contribution in [1.82, 2.24) is 14.6 Å². The number of rotatable bonds is 6. The van der Waals surface area contributed by atoms with Gasteiger partial charge in [-0.3, -0.25) is 5.43 Å². The molecule has 154 valence electrons. The van der Waals surface area contributed by atoms with Crippen LogP contribution in [0.3, 0.4) is 0 Å². The van der Waals surface area contributed by atoms with E-state index in [1.165, 1.54) is 0 Å². The Morgan fingerprint density at radius 2 is 1.69 bits per heavy atom. The maximum atomic E-state index is 9.56. The largest absolute Gasteiger partial charge is 0.489 e. The van der Waals surface area contributed by atoms with E-state index in [4.69, 9.17) is 4.74 Å². The molecular formula is C26H19N5O. The average molecular weight is 417 g/mol. The molecule has 0 fully saturated rings. The number of hydrogen-bond acceptors (Lipinski definition) is 5. The minimum atomic E-state index is 0.365. The molecule has 0 aliphatic carbocycles. The summed E-state index contributed by atoms with van der Waals surface area (Å²) in [6, 6.07) is 29.7. The fraction of sp³-hybridized carbons (Fsp3) is 0.0385. The lowest BCUT2D eigenvalue weighted by atomic mass is 10.0. The third kappa shape index (κ3) is 4.00. The van der Waals surface area contributed by atoms with Gasteiger partial charge in [0.05, 0.1) is 22.9 Å². The SMILES string of the molecule is N#Cc1ncc(Nn2cnc3ccccc32)cc1-c1ccc(OCc2ccccc2)cc1. The maximum absolute atomic E-state index is 9.56. The van der Waals surface area contributed by atoms with Crippen LogP contribution in [0.1, 0.15) is 11.3 Å². The van der Waals surface area contributed by atoms with E-state index >= 15 is 0 Å². The zero-order chi connectivity index (χ0) is 21.8. The van der Waals surface area contributed by atoms with Crippen molar-refractivity contribution in [1.29, 1.82) is 5.26 Å². The third-order valence-corrected chi connectivity index (χ3v) is 5.11. The Morgan fingerprint density at radius 3 is 2.50 bits per heavy atom. The molecule has 0 radical (unpaired) electrons. The Kier molecular flexibility index (Phi) is 5.21. The number of pyridine rings is 1. The Balaban J connectivity index is 1.38. The number of nitrogens with zero attached hydrogens (tertiary/aromatic N) is 4. The summed E-state index contributed by atoms with van der Waals surface area (Å²) in [7, 11) is 0. The van der Waals surface area contributed by atoms with Crippen LogP contribution in [0.4, 0.5) is 5.69 Å². The van der Waals surface area contributed by atoms with Gasteiger partial charge in [0.25, 0.3) is 0 Å². The van der Waals surface area contributed by atoms with Crippen molar-refractivity contribution in [3.8, 4) is 22.9 Å². The van der Waals surface area contributed by atoms with E-state index in [1.54, 1.807) is 12.5 Å². The summed E-state index contributed by atoms with van der Waals surface area (Å²) in [5.41, 5.74) is 9.02. The Hall–Kier alpha value is -4.63. The van der Waals surface area contributed by atoms with Crippen LogP contribution in [-0.2, 0) is 6.61 Å². The molecule has 0 aliphatic heterocycles. The highest BCUT2D eigenvalue weighted by molar-refractivity contribution is 5.77.